The number of aromatic nitrogens is 2. The van der Waals surface area contributed by atoms with E-state index >= 15 is 0 Å². The molecule has 1 saturated heterocycles. The molecule has 0 bridgehead atoms. The molecule has 34 heavy (non-hydrogen) atoms. The van der Waals surface area contributed by atoms with Crippen LogP contribution >= 0.6 is 8.25 Å². The number of nitrogen functional groups attached to an aromatic ring is 1. The van der Waals surface area contributed by atoms with Crippen LogP contribution in [-0.2, 0) is 18.6 Å². The largest absolute Gasteiger partial charge is 0.695 e. The van der Waals surface area contributed by atoms with Crippen molar-refractivity contribution in [2.24, 2.45) is 0 Å². The summed E-state index contributed by atoms with van der Waals surface area (Å²) >= 11 is 0. The molecular weight excluding hydrogens is 463 g/mol. The second-order valence-corrected chi connectivity index (χ2v) is 9.24. The van der Waals surface area contributed by atoms with Crippen molar-refractivity contribution in [3.63, 3.8) is 0 Å². The van der Waals surface area contributed by atoms with E-state index < -0.39 is 44.1 Å². The van der Waals surface area contributed by atoms with Crippen molar-refractivity contribution in [2.75, 3.05) is 12.3 Å². The minimum absolute atomic E-state index is 0.0133. The van der Waals surface area contributed by atoms with Gasteiger partial charge in [0.15, 0.2) is 12.3 Å². The van der Waals surface area contributed by atoms with Crippen LogP contribution in [0, 0.1) is 0 Å². The van der Waals surface area contributed by atoms with Crippen LogP contribution in [0.3, 0.4) is 0 Å². The number of hydrogen-bond acceptors (Lipinski definition) is 9. The first-order valence-corrected chi connectivity index (χ1v) is 11.9. The van der Waals surface area contributed by atoms with Crippen LogP contribution in [0.25, 0.3) is 0 Å². The van der Waals surface area contributed by atoms with Gasteiger partial charge in [0.05, 0.1) is 12.2 Å². The molecule has 0 radical (unpaired) electrons. The lowest BCUT2D eigenvalue weighted by molar-refractivity contribution is -0.0981. The molecule has 6 atom stereocenters. The average Bonchev–Trinajstić information content (AvgIpc) is 3.05. The molecule has 0 spiro atoms. The van der Waals surface area contributed by atoms with Gasteiger partial charge in [-0.3, -0.25) is 4.57 Å². The zero-order chi connectivity index (χ0) is 25.6. The summed E-state index contributed by atoms with van der Waals surface area (Å²) in [7, 11) is -3.06. The van der Waals surface area contributed by atoms with Crippen LogP contribution in [-0.4, -0.2) is 50.1 Å². The first kappa shape index (κ1) is 27.8. The van der Waals surface area contributed by atoms with Crippen LogP contribution in [0.15, 0.2) is 52.8 Å². The molecule has 1 aliphatic rings. The van der Waals surface area contributed by atoms with Crippen LogP contribution in [0.5, 0.6) is 0 Å². The summed E-state index contributed by atoms with van der Waals surface area (Å²) in [5.41, 5.74) is 6.89. The Morgan fingerprint density at radius 1 is 1.44 bits per heavy atom. The number of aliphatic hydroxyl groups excluding tert-OH is 1. The fraction of sp³-hybridized carbons (Fsp3) is 0.545. The molecule has 12 heteroatoms. The Kier molecular flexibility index (Phi) is 9.69. The quantitative estimate of drug-likeness (QED) is 0.264. The number of anilines is 1. The van der Waals surface area contributed by atoms with Crippen LogP contribution in [0.2, 0.25) is 0 Å². The minimum Gasteiger partial charge on any atom is -0.385 e. The molecule has 1 aromatic heterocycles. The number of nitrogens with two attached hydrogens (primary N) is 1. The Bertz CT molecular complexity index is 1020. The topological polar surface area (TPSA) is 158 Å². The number of nitrogens with one attached hydrogen (secondary N) is 1. The molecule has 5 N–H and O–H groups in total. The minimum atomic E-state index is -3.06. The van der Waals surface area contributed by atoms with Gasteiger partial charge in [0, 0.05) is 16.5 Å². The Labute approximate surface area is 199 Å². The fourth-order valence-electron chi connectivity index (χ4n) is 3.56. The summed E-state index contributed by atoms with van der Waals surface area (Å²) in [6.45, 7) is 13.4. The molecule has 2 rings (SSSR count). The lowest BCUT2D eigenvalue weighted by atomic mass is 9.91. The predicted molar refractivity (Wildman–Crippen MR) is 128 cm³/mol. The summed E-state index contributed by atoms with van der Waals surface area (Å²) in [4.78, 5) is 25.2. The van der Waals surface area contributed by atoms with E-state index in [0.717, 1.165) is 21.4 Å². The summed E-state index contributed by atoms with van der Waals surface area (Å²) in [6, 6.07) is 1.38. The standard InChI is InChI=1S/C22H33N4O7P/c1-7-9-22(6,14(4)15(5)24-11-13(2)3)31-12-16-19(33-34(29)30)18(27)20(32-16)26-10-8-17(23)25-21(26)28/h7-8,10-11,16,18-20,24,27H,1,9,12H2,2-6H3,(H2-,23,25,28,29,30)/p+1/b15-14+/t16-,18-,19-,20-,22?/m1/s1. The zero-order valence-electron chi connectivity index (χ0n) is 20.1. The maximum Gasteiger partial charge on any atom is 0.695 e. The number of aliphatic hydroxyl groups is 1. The molecule has 1 fully saturated rings. The zero-order valence-corrected chi connectivity index (χ0v) is 21.0. The second-order valence-electron chi connectivity index (χ2n) is 8.56. The van der Waals surface area contributed by atoms with E-state index in [2.05, 4.69) is 16.9 Å². The van der Waals surface area contributed by atoms with Gasteiger partial charge in [-0.05, 0) is 58.9 Å². The molecule has 2 heterocycles. The molecule has 0 saturated carbocycles. The van der Waals surface area contributed by atoms with Gasteiger partial charge in [0.1, 0.15) is 18.0 Å². The van der Waals surface area contributed by atoms with E-state index in [1.807, 2.05) is 40.8 Å². The summed E-state index contributed by atoms with van der Waals surface area (Å²) in [5, 5.41) is 14.0. The smallest absolute Gasteiger partial charge is 0.385 e. The van der Waals surface area contributed by atoms with Crippen molar-refractivity contribution >= 4 is 14.1 Å². The summed E-state index contributed by atoms with van der Waals surface area (Å²) in [5.74, 6) is 0.0133. The lowest BCUT2D eigenvalue weighted by Gasteiger charge is -2.33. The van der Waals surface area contributed by atoms with E-state index in [1.165, 1.54) is 12.3 Å². The van der Waals surface area contributed by atoms with Gasteiger partial charge in [0.2, 0.25) is 0 Å². The third-order valence-corrected chi connectivity index (χ3v) is 6.10. The van der Waals surface area contributed by atoms with Gasteiger partial charge in [-0.15, -0.1) is 16.0 Å². The Morgan fingerprint density at radius 2 is 2.12 bits per heavy atom. The molecule has 0 aliphatic carbocycles. The first-order valence-electron chi connectivity index (χ1n) is 10.7. The Morgan fingerprint density at radius 3 is 2.68 bits per heavy atom. The number of hydrogen-bond donors (Lipinski definition) is 4. The maximum atomic E-state index is 12.3. The molecular formula is C22H34N4O7P+. The van der Waals surface area contributed by atoms with E-state index in [-0.39, 0.29) is 12.4 Å². The highest BCUT2D eigenvalue weighted by Crippen LogP contribution is 2.37. The van der Waals surface area contributed by atoms with Gasteiger partial charge in [0.25, 0.3) is 0 Å². The second kappa shape index (κ2) is 11.8. The van der Waals surface area contributed by atoms with E-state index in [0.29, 0.717) is 6.42 Å². The summed E-state index contributed by atoms with van der Waals surface area (Å²) < 4.78 is 29.6. The normalized spacial score (nSPS) is 25.2. The van der Waals surface area contributed by atoms with Crippen molar-refractivity contribution < 1.29 is 28.6 Å². The molecule has 1 aromatic rings. The van der Waals surface area contributed by atoms with Gasteiger partial charge in [-0.25, -0.2) is 4.79 Å². The van der Waals surface area contributed by atoms with Crippen molar-refractivity contribution in [3.05, 3.63) is 58.4 Å². The van der Waals surface area contributed by atoms with Crippen molar-refractivity contribution in [3.8, 4) is 0 Å². The van der Waals surface area contributed by atoms with Gasteiger partial charge >= 0.3 is 13.9 Å². The first-order chi connectivity index (χ1) is 15.9. The third-order valence-electron chi connectivity index (χ3n) is 5.68. The molecule has 0 aromatic carbocycles. The van der Waals surface area contributed by atoms with Crippen molar-refractivity contribution in [2.45, 2.75) is 71.2 Å². The SMILES string of the molecule is C=CCC(C)(OC[C@H]1O[C@@H](n2ccc(N)nc2=O)[C@H](O)[C@@H]1O[P+](=O)O)/C(C)=C(\C)NC=C(C)C. The van der Waals surface area contributed by atoms with Crippen LogP contribution in [0.1, 0.15) is 47.3 Å². The lowest BCUT2D eigenvalue weighted by Crippen LogP contribution is -2.40. The van der Waals surface area contributed by atoms with Gasteiger partial charge < -0.3 is 25.6 Å². The van der Waals surface area contributed by atoms with Gasteiger partial charge in [-0.2, -0.15) is 4.98 Å². The van der Waals surface area contributed by atoms with E-state index in [1.54, 1.807) is 6.08 Å². The highest BCUT2D eigenvalue weighted by molar-refractivity contribution is 7.32. The average molecular weight is 498 g/mol. The predicted octanol–water partition coefficient (Wildman–Crippen LogP) is 2.28. The molecule has 188 valence electrons. The molecule has 2 unspecified atom stereocenters. The van der Waals surface area contributed by atoms with E-state index in [4.69, 9.17) is 19.7 Å². The fourth-order valence-corrected chi connectivity index (χ4v) is 4.03. The van der Waals surface area contributed by atoms with Crippen molar-refractivity contribution in [1.82, 2.24) is 14.9 Å². The number of ether oxygens (including phenoxy) is 2. The Balaban J connectivity index is 2.30. The molecule has 0 amide bonds. The van der Waals surface area contributed by atoms with Crippen LogP contribution < -0.4 is 16.7 Å². The molecule has 11 nitrogen and oxygen atoms in total. The van der Waals surface area contributed by atoms with E-state index in [9.17, 15) is 19.4 Å². The highest BCUT2D eigenvalue weighted by Gasteiger charge is 2.51. The molecule has 1 aliphatic heterocycles. The Hall–Kier alpha value is -2.40. The number of rotatable bonds is 11. The van der Waals surface area contributed by atoms with Crippen molar-refractivity contribution in [1.29, 1.82) is 0 Å². The summed E-state index contributed by atoms with van der Waals surface area (Å²) in [6.07, 6.45) is 0.557. The monoisotopic (exact) mass is 497 g/mol. The third kappa shape index (κ3) is 6.82. The maximum absolute atomic E-state index is 12.3. The van der Waals surface area contributed by atoms with Crippen LogP contribution in [0.4, 0.5) is 5.82 Å². The number of nitrogens with zero attached hydrogens (tertiary/aromatic N) is 2. The number of allylic oxidation sites excluding steroid dienone is 2. The highest BCUT2D eigenvalue weighted by atomic mass is 31.1. The van der Waals surface area contributed by atoms with Gasteiger partial charge in [-0.1, -0.05) is 11.6 Å².